The van der Waals surface area contributed by atoms with Crippen LogP contribution in [-0.2, 0) is 13.1 Å². The number of anilines is 1. The molecule has 10 rings (SSSR count). The lowest BCUT2D eigenvalue weighted by Crippen LogP contribution is -2.27. The lowest BCUT2D eigenvalue weighted by molar-refractivity contribution is 0.0686. The molecule has 8 heterocycles. The zero-order valence-corrected chi connectivity index (χ0v) is 35.8. The van der Waals surface area contributed by atoms with Crippen LogP contribution in [-0.4, -0.2) is 67.8 Å². The van der Waals surface area contributed by atoms with Crippen molar-refractivity contribution in [3.8, 4) is 22.3 Å². The van der Waals surface area contributed by atoms with Gasteiger partial charge in [0.05, 0.1) is 68.4 Å². The quantitative estimate of drug-likeness (QED) is 0.0841. The number of hydrogen-bond donors (Lipinski definition) is 6. The molecule has 0 spiro atoms. The van der Waals surface area contributed by atoms with Crippen molar-refractivity contribution in [2.45, 2.75) is 33.9 Å². The number of para-hydroxylation sites is 1. The minimum absolute atomic E-state index is 0.0437. The molecule has 0 aliphatic rings. The number of nitrogen functional groups attached to an aromatic ring is 1. The molecule has 16 nitrogen and oxygen atoms in total. The number of nitrogens with two attached hydrogens (primary N) is 1. The second-order valence-corrected chi connectivity index (χ2v) is 15.6. The van der Waals surface area contributed by atoms with Gasteiger partial charge in [-0.2, -0.15) is 5.10 Å². The Labute approximate surface area is 376 Å². The molecule has 0 saturated carbocycles. The van der Waals surface area contributed by atoms with Gasteiger partial charge in [-0.15, -0.1) is 0 Å². The molecular formula is C48H38F3N11O5. The van der Waals surface area contributed by atoms with Crippen LogP contribution in [0.3, 0.4) is 0 Å². The molecule has 67 heavy (non-hydrogen) atoms. The summed E-state index contributed by atoms with van der Waals surface area (Å²) in [5.74, 6) is -3.16. The fourth-order valence-corrected chi connectivity index (χ4v) is 8.31. The third kappa shape index (κ3) is 7.81. The highest BCUT2D eigenvalue weighted by molar-refractivity contribution is 6.09. The van der Waals surface area contributed by atoms with Gasteiger partial charge >= 0.3 is 5.97 Å². The van der Waals surface area contributed by atoms with Gasteiger partial charge in [0.25, 0.3) is 17.0 Å². The Morgan fingerprint density at radius 1 is 0.731 bits per heavy atom. The Morgan fingerprint density at radius 2 is 1.31 bits per heavy atom. The van der Waals surface area contributed by atoms with E-state index in [4.69, 9.17) is 5.73 Å². The van der Waals surface area contributed by atoms with Crippen LogP contribution >= 0.6 is 0 Å². The van der Waals surface area contributed by atoms with Gasteiger partial charge in [0.1, 0.15) is 34.7 Å². The summed E-state index contributed by atoms with van der Waals surface area (Å²) in [7, 11) is 0. The number of aryl methyl sites for hydroxylation is 2. The lowest BCUT2D eigenvalue weighted by atomic mass is 10.1. The first-order chi connectivity index (χ1) is 32.2. The maximum Gasteiger partial charge on any atom is 0.353 e. The number of carbonyl (C=O) groups excluding carboxylic acids is 1. The zero-order valence-electron chi connectivity index (χ0n) is 35.8. The normalized spacial score (nSPS) is 11.4. The van der Waals surface area contributed by atoms with Crippen molar-refractivity contribution in [1.29, 1.82) is 0 Å². The van der Waals surface area contributed by atoms with Crippen molar-refractivity contribution < 1.29 is 27.9 Å². The van der Waals surface area contributed by atoms with E-state index in [1.165, 1.54) is 48.3 Å². The molecule has 0 aliphatic carbocycles. The Balaban J connectivity index is 0.000000169. The van der Waals surface area contributed by atoms with Gasteiger partial charge in [-0.05, 0) is 74.9 Å². The maximum absolute atomic E-state index is 14.8. The molecule has 0 saturated heterocycles. The highest BCUT2D eigenvalue weighted by Crippen LogP contribution is 2.36. The predicted molar refractivity (Wildman–Crippen MR) is 246 cm³/mol. The molecule has 0 bridgehead atoms. The fourth-order valence-electron chi connectivity index (χ4n) is 8.31. The largest absolute Gasteiger partial charge is 0.477 e. The van der Waals surface area contributed by atoms with Crippen LogP contribution in [0.15, 0.2) is 107 Å². The van der Waals surface area contributed by atoms with Gasteiger partial charge in [-0.25, -0.2) is 32.9 Å². The lowest BCUT2D eigenvalue weighted by Gasteiger charge is -2.14. The van der Waals surface area contributed by atoms with E-state index in [9.17, 15) is 37.5 Å². The van der Waals surface area contributed by atoms with Gasteiger partial charge in [0, 0.05) is 65.1 Å². The third-order valence-corrected chi connectivity index (χ3v) is 11.3. The van der Waals surface area contributed by atoms with Gasteiger partial charge in [0.15, 0.2) is 0 Å². The smallest absolute Gasteiger partial charge is 0.353 e. The highest BCUT2D eigenvalue weighted by atomic mass is 19.1. The summed E-state index contributed by atoms with van der Waals surface area (Å²) >= 11 is 0. The second-order valence-electron chi connectivity index (χ2n) is 15.6. The van der Waals surface area contributed by atoms with Crippen molar-refractivity contribution in [2.75, 3.05) is 12.3 Å². The molecule has 0 atom stereocenters. The molecule has 7 N–H and O–H groups in total. The number of benzene rings is 2. The first-order valence-electron chi connectivity index (χ1n) is 20.8. The number of nitrogens with one attached hydrogen (secondary N) is 4. The number of rotatable bonds is 9. The van der Waals surface area contributed by atoms with Crippen molar-refractivity contribution in [2.24, 2.45) is 0 Å². The van der Waals surface area contributed by atoms with Gasteiger partial charge < -0.3 is 35.3 Å². The van der Waals surface area contributed by atoms with Crippen molar-refractivity contribution in [1.82, 2.24) is 49.6 Å². The molecule has 0 unspecified atom stereocenters. The Kier molecular flexibility index (Phi) is 11.2. The monoisotopic (exact) mass is 905 g/mol. The molecule has 10 aromatic rings. The number of pyridine rings is 5. The number of H-pyrrole nitrogens is 3. The van der Waals surface area contributed by atoms with E-state index < -0.39 is 34.9 Å². The number of halogens is 3. The zero-order chi connectivity index (χ0) is 47.3. The minimum atomic E-state index is -1.36. The van der Waals surface area contributed by atoms with Crippen LogP contribution in [0.5, 0.6) is 0 Å². The third-order valence-electron chi connectivity index (χ3n) is 11.3. The van der Waals surface area contributed by atoms with E-state index in [1.807, 2.05) is 24.3 Å². The van der Waals surface area contributed by atoms with Crippen LogP contribution < -0.4 is 22.2 Å². The SMILES string of the molecule is CCNC(=O)c1c(-c2ccc[nH]c2=O)c2nc(C)c(F)cc2n1Cc1cc(N)nc2ccccc12.Cc1nc2c(-c3ccc[nH]c3=O)c(C(=O)O)n(Cc3cc4cn[nH]c4cc3F)c2cc1F. The molecule has 19 heteroatoms. The fraction of sp³-hybridized carbons (Fsp3) is 0.125. The van der Waals surface area contributed by atoms with Crippen LogP contribution in [0.25, 0.3) is 66.1 Å². The summed E-state index contributed by atoms with van der Waals surface area (Å²) in [4.78, 5) is 69.4. The standard InChI is InChI=1S/C26H23FN6O2.C22H15F2N5O3/c1-3-29-26(35)24-22(17-8-6-10-30-25(17)34)23-20(12-18(27)14(2)31-23)33(24)13-15-11-21(28)32-19-9-5-4-7-16(15)19;1-10-14(23)7-17-19(27-10)18(13-3-2-4-25-21(13)30)20(22(31)32)29(17)9-12-5-11-8-26-28-16(11)6-15(12)24/h4-12H,3,13H2,1-2H3,(H2,28,32)(H,29,35)(H,30,34);2-8H,9H2,1H3,(H,25,30)(H,26,28)(H,31,32). The average Bonchev–Trinajstić information content (AvgIpc) is 3.96. The highest BCUT2D eigenvalue weighted by Gasteiger charge is 2.29. The summed E-state index contributed by atoms with van der Waals surface area (Å²) in [6, 6.07) is 20.9. The summed E-state index contributed by atoms with van der Waals surface area (Å²) in [6.45, 7) is 5.13. The summed E-state index contributed by atoms with van der Waals surface area (Å²) in [5.41, 5.74) is 9.26. The van der Waals surface area contributed by atoms with Gasteiger partial charge in [-0.3, -0.25) is 19.5 Å². The van der Waals surface area contributed by atoms with Gasteiger partial charge in [-0.1, -0.05) is 18.2 Å². The molecule has 2 aromatic carbocycles. The summed E-state index contributed by atoms with van der Waals surface area (Å²) in [5, 5.41) is 20.9. The molecular weight excluding hydrogens is 868 g/mol. The van der Waals surface area contributed by atoms with Crippen LogP contribution in [0, 0.1) is 31.3 Å². The number of carboxylic acids is 1. The van der Waals surface area contributed by atoms with Crippen molar-refractivity contribution in [3.05, 3.63) is 170 Å². The van der Waals surface area contributed by atoms with E-state index in [-0.39, 0.29) is 74.7 Å². The molecule has 1 amide bonds. The van der Waals surface area contributed by atoms with Crippen molar-refractivity contribution >= 4 is 61.6 Å². The van der Waals surface area contributed by atoms with Gasteiger partial charge in [0.2, 0.25) is 0 Å². The van der Waals surface area contributed by atoms with E-state index in [0.717, 1.165) is 17.0 Å². The number of carbonyl (C=O) groups is 2. The van der Waals surface area contributed by atoms with Crippen LogP contribution in [0.1, 0.15) is 50.4 Å². The van der Waals surface area contributed by atoms with E-state index >= 15 is 0 Å². The van der Waals surface area contributed by atoms with Crippen LogP contribution in [0.4, 0.5) is 19.0 Å². The number of amides is 1. The number of carboxylic acid groups (broad SMARTS) is 1. The molecule has 0 aliphatic heterocycles. The molecule has 0 radical (unpaired) electrons. The van der Waals surface area contributed by atoms with E-state index in [2.05, 4.69) is 40.4 Å². The first kappa shape index (κ1) is 43.4. The number of fused-ring (bicyclic) bond motifs is 4. The molecule has 0 fully saturated rings. The first-order valence-corrected chi connectivity index (χ1v) is 20.8. The number of aromatic amines is 3. The Bertz CT molecular complexity index is 3760. The molecule has 336 valence electrons. The number of hydrogen-bond acceptors (Lipinski definition) is 9. The van der Waals surface area contributed by atoms with Crippen LogP contribution in [0.2, 0.25) is 0 Å². The number of aromatic carboxylic acids is 1. The van der Waals surface area contributed by atoms with Crippen molar-refractivity contribution in [3.63, 3.8) is 0 Å². The Hall–Kier alpha value is -8.87. The Morgan fingerprint density at radius 3 is 1.91 bits per heavy atom. The van der Waals surface area contributed by atoms with E-state index in [1.54, 1.807) is 48.7 Å². The number of nitrogens with zero attached hydrogens (tertiary/aromatic N) is 6. The molecule has 8 aromatic heterocycles. The average molecular weight is 906 g/mol. The second kappa shape index (κ2) is 17.3. The minimum Gasteiger partial charge on any atom is -0.477 e. The maximum atomic E-state index is 14.8. The topological polar surface area (TPSA) is 235 Å². The summed E-state index contributed by atoms with van der Waals surface area (Å²) < 4.78 is 47.0. The van der Waals surface area contributed by atoms with E-state index in [0.29, 0.717) is 45.4 Å². The summed E-state index contributed by atoms with van der Waals surface area (Å²) in [6.07, 6.45) is 4.45. The predicted octanol–water partition coefficient (Wildman–Crippen LogP) is 7.37. The number of aromatic nitrogens is 9.